The summed E-state index contributed by atoms with van der Waals surface area (Å²) in [4.78, 5) is 1.61. The van der Waals surface area contributed by atoms with Crippen molar-refractivity contribution in [3.8, 4) is 28.0 Å². The number of fused-ring (bicyclic) bond motifs is 7. The summed E-state index contributed by atoms with van der Waals surface area (Å²) in [6, 6.07) is 31.2. The normalized spacial score (nSPS) is 14.0. The molecule has 0 amide bonds. The number of ether oxygens (including phenoxy) is 2. The molecule has 47 heavy (non-hydrogen) atoms. The van der Waals surface area contributed by atoms with E-state index in [0.29, 0.717) is 0 Å². The Bertz CT molecular complexity index is 1830. The Balaban J connectivity index is 0.000000439. The van der Waals surface area contributed by atoms with Crippen LogP contribution in [0.3, 0.4) is 0 Å². The van der Waals surface area contributed by atoms with Gasteiger partial charge in [0.25, 0.3) is 0 Å². The molecule has 6 rings (SSSR count). The first-order valence-corrected chi connectivity index (χ1v) is 17.3. The Morgan fingerprint density at radius 3 is 1.89 bits per heavy atom. The third-order valence-electron chi connectivity index (χ3n) is 9.01. The molecule has 1 N–H and O–H groups in total. The second-order valence-corrected chi connectivity index (χ2v) is 12.2. The minimum absolute atomic E-state index is 0.895. The fraction of sp³-hybridized carbons (Fsp3) is 0.318. The van der Waals surface area contributed by atoms with Crippen LogP contribution in [-0.4, -0.2) is 20.8 Å². The zero-order valence-electron chi connectivity index (χ0n) is 29.9. The average molecular weight is 629 g/mol. The van der Waals surface area contributed by atoms with Gasteiger partial charge < -0.3 is 14.4 Å². The molecular formula is C44H54NO2+. The first-order valence-electron chi connectivity index (χ1n) is 17.3. The van der Waals surface area contributed by atoms with Crippen molar-refractivity contribution in [1.82, 2.24) is 0 Å². The van der Waals surface area contributed by atoms with E-state index >= 15 is 0 Å². The van der Waals surface area contributed by atoms with Crippen LogP contribution in [0.15, 0.2) is 103 Å². The van der Waals surface area contributed by atoms with E-state index in [2.05, 4.69) is 119 Å². The maximum absolute atomic E-state index is 5.64. The number of hydrogen-bond donors (Lipinski definition) is 1. The molecule has 1 heterocycles. The maximum atomic E-state index is 5.64. The van der Waals surface area contributed by atoms with E-state index in [4.69, 9.17) is 9.47 Å². The predicted molar refractivity (Wildman–Crippen MR) is 204 cm³/mol. The summed E-state index contributed by atoms with van der Waals surface area (Å²) < 4.78 is 10.4. The van der Waals surface area contributed by atoms with E-state index in [-0.39, 0.29) is 0 Å². The lowest BCUT2D eigenvalue weighted by molar-refractivity contribution is -0.927. The molecule has 0 radical (unpaired) electrons. The first-order chi connectivity index (χ1) is 22.9. The molecule has 1 unspecified atom stereocenters. The molecule has 0 bridgehead atoms. The third-order valence-corrected chi connectivity index (χ3v) is 9.01. The molecular weight excluding hydrogens is 574 g/mol. The Morgan fingerprint density at radius 1 is 0.723 bits per heavy atom. The Morgan fingerprint density at radius 2 is 1.34 bits per heavy atom. The van der Waals surface area contributed by atoms with E-state index < -0.39 is 0 Å². The average Bonchev–Trinajstić information content (AvgIpc) is 3.29. The fourth-order valence-electron chi connectivity index (χ4n) is 6.33. The quantitative estimate of drug-likeness (QED) is 0.181. The first kappa shape index (κ1) is 35.5. The number of quaternary nitrogens is 1. The van der Waals surface area contributed by atoms with Gasteiger partial charge in [-0.2, -0.15) is 0 Å². The number of nitrogens with one attached hydrogen (secondary N) is 1. The highest BCUT2D eigenvalue weighted by atomic mass is 16.5. The molecule has 0 aromatic heterocycles. The monoisotopic (exact) mass is 628 g/mol. The lowest BCUT2D eigenvalue weighted by Crippen LogP contribution is -3.09. The number of hydrogen-bond acceptors (Lipinski definition) is 2. The van der Waals surface area contributed by atoms with Crippen LogP contribution in [0.25, 0.3) is 49.9 Å². The zero-order chi connectivity index (χ0) is 33.8. The molecule has 0 aliphatic carbocycles. The van der Waals surface area contributed by atoms with Crippen molar-refractivity contribution < 1.29 is 14.4 Å². The van der Waals surface area contributed by atoms with Crippen molar-refractivity contribution in [2.45, 2.75) is 73.9 Å². The van der Waals surface area contributed by atoms with Gasteiger partial charge in [-0.1, -0.05) is 113 Å². The summed E-state index contributed by atoms with van der Waals surface area (Å²) in [5, 5.41) is 5.27. The van der Waals surface area contributed by atoms with Gasteiger partial charge in [0.15, 0.2) is 0 Å². The Hall–Kier alpha value is -4.34. The molecule has 1 aliphatic rings. The van der Waals surface area contributed by atoms with Crippen LogP contribution in [0.5, 0.6) is 5.75 Å². The van der Waals surface area contributed by atoms with Gasteiger partial charge in [-0.05, 0) is 89.7 Å². The lowest BCUT2D eigenvalue weighted by atomic mass is 9.83. The molecule has 3 heteroatoms. The summed E-state index contributed by atoms with van der Waals surface area (Å²) in [7, 11) is 3.41. The molecule has 0 fully saturated rings. The number of methoxy groups -OCH3 is 2. The van der Waals surface area contributed by atoms with Gasteiger partial charge in [-0.25, -0.2) is 0 Å². The van der Waals surface area contributed by atoms with Crippen LogP contribution in [0.2, 0.25) is 0 Å². The Kier molecular flexibility index (Phi) is 13.3. The van der Waals surface area contributed by atoms with Crippen LogP contribution in [0, 0.1) is 0 Å². The second-order valence-electron chi connectivity index (χ2n) is 12.2. The largest absolute Gasteiger partial charge is 0.502 e. The third kappa shape index (κ3) is 8.34. The Labute approximate surface area is 283 Å². The van der Waals surface area contributed by atoms with E-state index in [1.165, 1.54) is 73.3 Å². The smallest absolute Gasteiger partial charge is 0.119 e. The molecule has 1 aliphatic heterocycles. The van der Waals surface area contributed by atoms with E-state index in [9.17, 15) is 0 Å². The van der Waals surface area contributed by atoms with Crippen molar-refractivity contribution >= 4 is 27.6 Å². The summed E-state index contributed by atoms with van der Waals surface area (Å²) in [6.45, 7) is 15.8. The van der Waals surface area contributed by atoms with E-state index in [1.807, 2.05) is 26.0 Å². The summed E-state index contributed by atoms with van der Waals surface area (Å²) in [5.41, 5.74) is 9.59. The van der Waals surface area contributed by atoms with Gasteiger partial charge in [-0.15, -0.1) is 0 Å². The van der Waals surface area contributed by atoms with Gasteiger partial charge in [0, 0.05) is 22.3 Å². The summed E-state index contributed by atoms with van der Waals surface area (Å²) in [6.07, 6.45) is 10.2. The topological polar surface area (TPSA) is 22.9 Å². The highest BCUT2D eigenvalue weighted by Gasteiger charge is 2.29. The predicted octanol–water partition coefficient (Wildman–Crippen LogP) is 11.0. The summed E-state index contributed by atoms with van der Waals surface area (Å²) >= 11 is 0. The minimum atomic E-state index is 0.895. The van der Waals surface area contributed by atoms with Crippen molar-refractivity contribution in [2.24, 2.45) is 0 Å². The lowest BCUT2D eigenvalue weighted by Gasteiger charge is -2.20. The van der Waals surface area contributed by atoms with Gasteiger partial charge in [0.1, 0.15) is 18.8 Å². The SMILES string of the molecule is C/C=C(\C)OC.C/C=C/c1cc2ccccc2c2c1C[NH+](CCC)Cc1c(-c3cccc(OC)c3)cc3ccccc3c1-2.CCCC. The highest BCUT2D eigenvalue weighted by Crippen LogP contribution is 2.45. The molecule has 5 aromatic rings. The number of rotatable bonds is 7. The zero-order valence-corrected chi connectivity index (χ0v) is 29.9. The molecule has 0 spiro atoms. The maximum Gasteiger partial charge on any atom is 0.119 e. The number of unbranched alkanes of at least 4 members (excludes halogenated alkanes) is 1. The van der Waals surface area contributed by atoms with E-state index in [1.54, 1.807) is 19.1 Å². The van der Waals surface area contributed by atoms with Crippen molar-refractivity contribution in [3.05, 3.63) is 120 Å². The molecule has 0 saturated heterocycles. The van der Waals surface area contributed by atoms with Crippen LogP contribution in [-0.2, 0) is 17.8 Å². The van der Waals surface area contributed by atoms with Crippen LogP contribution in [0.4, 0.5) is 0 Å². The molecule has 3 nitrogen and oxygen atoms in total. The van der Waals surface area contributed by atoms with Crippen LogP contribution < -0.4 is 9.64 Å². The van der Waals surface area contributed by atoms with Gasteiger partial charge in [-0.3, -0.25) is 0 Å². The van der Waals surface area contributed by atoms with Crippen molar-refractivity contribution in [3.63, 3.8) is 0 Å². The van der Waals surface area contributed by atoms with Crippen molar-refractivity contribution in [1.29, 1.82) is 0 Å². The molecule has 246 valence electrons. The molecule has 0 saturated carbocycles. The van der Waals surface area contributed by atoms with Gasteiger partial charge in [0.2, 0.25) is 0 Å². The van der Waals surface area contributed by atoms with Crippen LogP contribution in [0.1, 0.15) is 77.5 Å². The minimum Gasteiger partial charge on any atom is -0.502 e. The van der Waals surface area contributed by atoms with Gasteiger partial charge in [0.05, 0.1) is 26.5 Å². The molecule has 5 aromatic carbocycles. The highest BCUT2D eigenvalue weighted by molar-refractivity contribution is 6.11. The number of allylic oxidation sites excluding steroid dienone is 3. The second kappa shape index (κ2) is 17.5. The van der Waals surface area contributed by atoms with Gasteiger partial charge >= 0.3 is 0 Å². The van der Waals surface area contributed by atoms with Crippen LogP contribution >= 0.6 is 0 Å². The van der Waals surface area contributed by atoms with E-state index in [0.717, 1.165) is 37.6 Å². The summed E-state index contributed by atoms with van der Waals surface area (Å²) in [5.74, 6) is 1.86. The fourth-order valence-corrected chi connectivity index (χ4v) is 6.33. The number of benzene rings is 5. The molecule has 1 atom stereocenters. The van der Waals surface area contributed by atoms with Crippen molar-refractivity contribution in [2.75, 3.05) is 20.8 Å². The standard InChI is InChI=1S/C35H33NO.C5H10O.C4H10/c1-4-11-24-19-25-12-6-8-16-29(25)34-32(24)22-36(18-5-2)23-33-31(26-14-10-15-28(20-26)37-3)21-27-13-7-9-17-30(27)35(33)34;1-4-5(2)6-3;1-3-4-2/h4,6-17,19-21H,5,18,22-23H2,1-3H3;4H,1-3H3;3-4H2,1-2H3/p+1/b11-4+;5-4+;.